The largest absolute Gasteiger partial charge is 0.495 e. The lowest BCUT2D eigenvalue weighted by atomic mass is 10.1. The normalized spacial score (nSPS) is 10.4. The second-order valence-electron chi connectivity index (χ2n) is 5.03. The molecule has 0 bridgehead atoms. The molecule has 25 heavy (non-hydrogen) atoms. The highest BCUT2D eigenvalue weighted by Gasteiger charge is 2.17. The molecule has 128 valence electrons. The van der Waals surface area contributed by atoms with Crippen molar-refractivity contribution in [3.8, 4) is 17.2 Å². The smallest absolute Gasteiger partial charge is 0.258 e. The Morgan fingerprint density at radius 1 is 1.08 bits per heavy atom. The summed E-state index contributed by atoms with van der Waals surface area (Å²) in [5.41, 5.74) is 0.976. The highest BCUT2D eigenvalue weighted by molar-refractivity contribution is 6.05. The van der Waals surface area contributed by atoms with Crippen LogP contribution >= 0.6 is 0 Å². The Balaban J connectivity index is 1.94. The van der Waals surface area contributed by atoms with Crippen molar-refractivity contribution in [3.63, 3.8) is 0 Å². The molecule has 0 atom stereocenters. The molecule has 1 aromatic heterocycles. The molecule has 0 aliphatic rings. The van der Waals surface area contributed by atoms with E-state index in [1.807, 2.05) is 0 Å². The van der Waals surface area contributed by atoms with Gasteiger partial charge in [-0.3, -0.25) is 9.36 Å². The molecule has 1 heterocycles. The van der Waals surface area contributed by atoms with Gasteiger partial charge in [-0.1, -0.05) is 6.07 Å². The van der Waals surface area contributed by atoms with Crippen molar-refractivity contribution in [2.75, 3.05) is 19.5 Å². The van der Waals surface area contributed by atoms with Crippen molar-refractivity contribution >= 4 is 11.6 Å². The van der Waals surface area contributed by atoms with E-state index < -0.39 is 11.7 Å². The van der Waals surface area contributed by atoms with Gasteiger partial charge in [0.2, 0.25) is 0 Å². The summed E-state index contributed by atoms with van der Waals surface area (Å²) >= 11 is 0. The van der Waals surface area contributed by atoms with Gasteiger partial charge in [0, 0.05) is 0 Å². The van der Waals surface area contributed by atoms with E-state index in [1.54, 1.807) is 28.8 Å². The van der Waals surface area contributed by atoms with Crippen LogP contribution in [0.1, 0.15) is 10.4 Å². The second-order valence-corrected chi connectivity index (χ2v) is 5.03. The zero-order valence-corrected chi connectivity index (χ0v) is 13.6. The van der Waals surface area contributed by atoms with Crippen molar-refractivity contribution in [3.05, 3.63) is 60.4 Å². The summed E-state index contributed by atoms with van der Waals surface area (Å²) in [6.07, 6.45) is 3.05. The Morgan fingerprint density at radius 3 is 2.48 bits per heavy atom. The number of halogens is 1. The molecule has 0 aliphatic heterocycles. The zero-order chi connectivity index (χ0) is 17.8. The third-order valence-corrected chi connectivity index (χ3v) is 3.58. The molecule has 0 radical (unpaired) electrons. The van der Waals surface area contributed by atoms with Crippen LogP contribution in [0.3, 0.4) is 0 Å². The molecule has 2 aromatic carbocycles. The molecule has 0 fully saturated rings. The van der Waals surface area contributed by atoms with Gasteiger partial charge in [-0.05, 0) is 30.3 Å². The summed E-state index contributed by atoms with van der Waals surface area (Å²) < 4.78 is 26.1. The van der Waals surface area contributed by atoms with Gasteiger partial charge in [-0.25, -0.2) is 4.39 Å². The van der Waals surface area contributed by atoms with Gasteiger partial charge in [0.1, 0.15) is 18.4 Å². The maximum atomic E-state index is 14.3. The van der Waals surface area contributed by atoms with Crippen LogP contribution in [-0.4, -0.2) is 34.9 Å². The van der Waals surface area contributed by atoms with Crippen LogP contribution in [0.2, 0.25) is 0 Å². The Morgan fingerprint density at radius 2 is 1.80 bits per heavy atom. The number of anilines is 1. The minimum absolute atomic E-state index is 0.00199. The zero-order valence-electron chi connectivity index (χ0n) is 13.6. The molecule has 0 unspecified atom stereocenters. The lowest BCUT2D eigenvalue weighted by molar-refractivity contribution is 0.102. The summed E-state index contributed by atoms with van der Waals surface area (Å²) in [6, 6.07) is 9.51. The number of ether oxygens (including phenoxy) is 2. The number of carbonyl (C=O) groups is 1. The summed E-state index contributed by atoms with van der Waals surface area (Å²) in [4.78, 5) is 12.5. The molecule has 7 nitrogen and oxygen atoms in total. The maximum Gasteiger partial charge on any atom is 0.258 e. The molecule has 3 aromatic rings. The number of hydrogen-bond acceptors (Lipinski definition) is 5. The number of aromatic nitrogens is 3. The number of methoxy groups -OCH3 is 2. The molecule has 0 spiro atoms. The lowest BCUT2D eigenvalue weighted by Crippen LogP contribution is -2.15. The quantitative estimate of drug-likeness (QED) is 0.771. The van der Waals surface area contributed by atoms with E-state index in [-0.39, 0.29) is 11.3 Å². The Hall–Kier alpha value is -3.42. The summed E-state index contributed by atoms with van der Waals surface area (Å²) in [5.74, 6) is -0.904. The van der Waals surface area contributed by atoms with Gasteiger partial charge in [-0.15, -0.1) is 10.2 Å². The number of hydrogen-bond donors (Lipinski definition) is 1. The van der Waals surface area contributed by atoms with Crippen LogP contribution in [0.15, 0.2) is 49.1 Å². The third-order valence-electron chi connectivity index (χ3n) is 3.58. The number of nitrogens with one attached hydrogen (secondary N) is 1. The number of amides is 1. The summed E-state index contributed by atoms with van der Waals surface area (Å²) in [6.45, 7) is 0. The highest BCUT2D eigenvalue weighted by atomic mass is 19.1. The fourth-order valence-electron chi connectivity index (χ4n) is 2.32. The van der Waals surface area contributed by atoms with Crippen LogP contribution in [-0.2, 0) is 0 Å². The Labute approximate surface area is 143 Å². The van der Waals surface area contributed by atoms with Gasteiger partial charge in [0.25, 0.3) is 5.91 Å². The minimum atomic E-state index is -0.726. The fourth-order valence-corrected chi connectivity index (χ4v) is 2.32. The highest BCUT2D eigenvalue weighted by Crippen LogP contribution is 2.28. The van der Waals surface area contributed by atoms with Crippen LogP contribution in [0, 0.1) is 5.82 Å². The van der Waals surface area contributed by atoms with Crippen LogP contribution in [0.5, 0.6) is 11.5 Å². The summed E-state index contributed by atoms with van der Waals surface area (Å²) in [7, 11) is 2.82. The van der Waals surface area contributed by atoms with E-state index in [1.165, 1.54) is 39.0 Å². The van der Waals surface area contributed by atoms with E-state index in [4.69, 9.17) is 9.47 Å². The predicted molar refractivity (Wildman–Crippen MR) is 88.8 cm³/mol. The van der Waals surface area contributed by atoms with Crippen LogP contribution in [0.4, 0.5) is 10.1 Å². The van der Waals surface area contributed by atoms with Crippen molar-refractivity contribution < 1.29 is 18.7 Å². The van der Waals surface area contributed by atoms with E-state index in [0.29, 0.717) is 17.1 Å². The van der Waals surface area contributed by atoms with Crippen LogP contribution in [0.25, 0.3) is 5.69 Å². The molecule has 8 heteroatoms. The van der Waals surface area contributed by atoms with Gasteiger partial charge in [0.05, 0.1) is 31.2 Å². The van der Waals surface area contributed by atoms with E-state index in [9.17, 15) is 9.18 Å². The minimum Gasteiger partial charge on any atom is -0.495 e. The molecule has 3 rings (SSSR count). The predicted octanol–water partition coefficient (Wildman–Crippen LogP) is 2.68. The molecular formula is C17H15FN4O3. The van der Waals surface area contributed by atoms with Gasteiger partial charge >= 0.3 is 0 Å². The molecular weight excluding hydrogens is 327 g/mol. The van der Waals surface area contributed by atoms with Crippen molar-refractivity contribution in [1.82, 2.24) is 14.8 Å². The Kier molecular flexibility index (Phi) is 4.60. The second kappa shape index (κ2) is 7.00. The lowest BCUT2D eigenvalue weighted by Gasteiger charge is -2.13. The average Bonchev–Trinajstić information content (AvgIpc) is 3.16. The molecule has 0 aliphatic carbocycles. The number of carbonyl (C=O) groups excluding carboxylic acids is 1. The first-order valence-corrected chi connectivity index (χ1v) is 7.31. The first-order chi connectivity index (χ1) is 12.1. The number of nitrogens with zero attached hydrogens (tertiary/aromatic N) is 3. The molecule has 0 saturated heterocycles. The number of rotatable bonds is 5. The van der Waals surface area contributed by atoms with E-state index in [2.05, 4.69) is 15.5 Å². The van der Waals surface area contributed by atoms with E-state index >= 15 is 0 Å². The summed E-state index contributed by atoms with van der Waals surface area (Å²) in [5, 5.41) is 10.1. The average molecular weight is 342 g/mol. The first kappa shape index (κ1) is 16.4. The van der Waals surface area contributed by atoms with Crippen molar-refractivity contribution in [1.29, 1.82) is 0 Å². The number of benzene rings is 2. The van der Waals surface area contributed by atoms with E-state index in [0.717, 1.165) is 0 Å². The van der Waals surface area contributed by atoms with Gasteiger partial charge in [-0.2, -0.15) is 0 Å². The first-order valence-electron chi connectivity index (χ1n) is 7.31. The van der Waals surface area contributed by atoms with Crippen LogP contribution < -0.4 is 14.8 Å². The molecule has 1 N–H and O–H groups in total. The molecule has 0 saturated carbocycles. The fraction of sp³-hybridized carbons (Fsp3) is 0.118. The molecule has 1 amide bonds. The Bertz CT molecular complexity index is 897. The standard InChI is InChI=1S/C17H15FN4O3/c1-24-14-7-6-11(22-9-19-20-10-22)8-13(14)21-17(23)12-4-3-5-15(25-2)16(12)18/h3-10H,1-2H3,(H,21,23). The van der Waals surface area contributed by atoms with Crippen molar-refractivity contribution in [2.24, 2.45) is 0 Å². The maximum absolute atomic E-state index is 14.3. The SMILES string of the molecule is COc1ccc(-n2cnnc2)cc1NC(=O)c1cccc(OC)c1F. The third kappa shape index (κ3) is 3.27. The monoisotopic (exact) mass is 342 g/mol. The van der Waals surface area contributed by atoms with Gasteiger partial charge < -0.3 is 14.8 Å². The topological polar surface area (TPSA) is 78.3 Å². The van der Waals surface area contributed by atoms with Crippen molar-refractivity contribution in [2.45, 2.75) is 0 Å². The van der Waals surface area contributed by atoms with Gasteiger partial charge in [0.15, 0.2) is 11.6 Å².